The Hall–Kier alpha value is -6.46. The molecule has 8 aromatic rings. The van der Waals surface area contributed by atoms with Crippen molar-refractivity contribution >= 4 is 55.9 Å². The first-order chi connectivity index (χ1) is 23.3. The van der Waals surface area contributed by atoms with Crippen LogP contribution in [0.2, 0.25) is 0 Å². The number of anilines is 6. The predicted molar refractivity (Wildman–Crippen MR) is 190 cm³/mol. The highest BCUT2D eigenvalue weighted by molar-refractivity contribution is 6.12. The van der Waals surface area contributed by atoms with Gasteiger partial charge in [0, 0.05) is 27.8 Å². The zero-order valence-corrected chi connectivity index (χ0v) is 25.2. The van der Waals surface area contributed by atoms with E-state index in [0.717, 1.165) is 73.1 Å². The first kappa shape index (κ1) is 25.8. The minimum Gasteiger partial charge on any atom is -0.449 e. The van der Waals surface area contributed by atoms with Crippen LogP contribution in [0.4, 0.5) is 34.1 Å². The molecular weight excluding hydrogens is 578 g/mol. The maximum absolute atomic E-state index is 6.57. The smallest absolute Gasteiger partial charge is 0.194 e. The van der Waals surface area contributed by atoms with Gasteiger partial charge in [-0.1, -0.05) is 72.8 Å². The van der Waals surface area contributed by atoms with E-state index in [2.05, 4.69) is 148 Å². The molecule has 0 atom stereocenters. The van der Waals surface area contributed by atoms with Crippen LogP contribution in [0.15, 0.2) is 164 Å². The van der Waals surface area contributed by atoms with Crippen LogP contribution in [-0.2, 0) is 0 Å². The third kappa shape index (κ3) is 3.83. The topological polar surface area (TPSA) is 29.9 Å². The number of para-hydroxylation sites is 8. The van der Waals surface area contributed by atoms with Gasteiger partial charge in [-0.3, -0.25) is 0 Å². The molecule has 0 saturated carbocycles. The van der Waals surface area contributed by atoms with E-state index in [4.69, 9.17) is 9.47 Å². The maximum atomic E-state index is 6.57. The molecule has 47 heavy (non-hydrogen) atoms. The lowest BCUT2D eigenvalue weighted by molar-refractivity contribution is 0.362. The summed E-state index contributed by atoms with van der Waals surface area (Å²) in [5.74, 6) is 2.87. The van der Waals surface area contributed by atoms with Crippen LogP contribution in [0, 0.1) is 0 Å². The van der Waals surface area contributed by atoms with Gasteiger partial charge < -0.3 is 23.8 Å². The Morgan fingerprint density at radius 1 is 0.340 bits per heavy atom. The Labute approximate surface area is 271 Å². The van der Waals surface area contributed by atoms with E-state index in [1.54, 1.807) is 0 Å². The number of ether oxygens (including phenoxy) is 2. The second-order valence-corrected chi connectivity index (χ2v) is 11.8. The molecule has 2 aliphatic rings. The Kier molecular flexibility index (Phi) is 5.51. The summed E-state index contributed by atoms with van der Waals surface area (Å²) in [5, 5.41) is 2.28. The standard InChI is InChI=1S/C42H27N3O2/c1-2-12-28(13-3-1)43-34-16-6-8-18-36(34)44(37-19-9-7-17-35(37)43)29-22-24-30(25-23-29)45-33-15-5-4-14-31(33)32-26-27-40-42(41(32)45)47-39-21-11-10-20-38(39)46-40/h1-27H. The molecular formula is C42H27N3O2. The number of hydrogen-bond acceptors (Lipinski definition) is 4. The normalized spacial score (nSPS) is 12.9. The lowest BCUT2D eigenvalue weighted by Crippen LogP contribution is -2.23. The molecule has 7 aromatic carbocycles. The monoisotopic (exact) mass is 605 g/mol. The lowest BCUT2D eigenvalue weighted by Gasteiger charge is -2.40. The highest BCUT2D eigenvalue weighted by Crippen LogP contribution is 2.54. The predicted octanol–water partition coefficient (Wildman–Crippen LogP) is 11.9. The Bertz CT molecular complexity index is 2440. The zero-order valence-electron chi connectivity index (χ0n) is 25.2. The van der Waals surface area contributed by atoms with Crippen LogP contribution < -0.4 is 19.3 Å². The SMILES string of the molecule is c1ccc(N2c3ccccc3N(c3ccc(-n4c5ccccc5c5ccc6c(c54)Oc4ccccc4O6)cc3)c3ccccc32)cc1. The molecule has 0 aliphatic carbocycles. The second kappa shape index (κ2) is 10.0. The van der Waals surface area contributed by atoms with Crippen LogP contribution in [0.25, 0.3) is 27.5 Å². The molecule has 0 amide bonds. The van der Waals surface area contributed by atoms with Gasteiger partial charge >= 0.3 is 0 Å². The number of fused-ring (bicyclic) bond motifs is 8. The minimum absolute atomic E-state index is 0.710. The fourth-order valence-electron chi connectivity index (χ4n) is 7.13. The van der Waals surface area contributed by atoms with E-state index < -0.39 is 0 Å². The summed E-state index contributed by atoms with van der Waals surface area (Å²) in [6.07, 6.45) is 0. The van der Waals surface area contributed by atoms with E-state index >= 15 is 0 Å². The average Bonchev–Trinajstić information content (AvgIpc) is 3.48. The molecule has 0 unspecified atom stereocenters. The van der Waals surface area contributed by atoms with E-state index in [0.29, 0.717) is 11.5 Å². The number of aromatic nitrogens is 1. The van der Waals surface area contributed by atoms with Crippen molar-refractivity contribution in [3.8, 4) is 28.7 Å². The molecule has 10 rings (SSSR count). The van der Waals surface area contributed by atoms with Crippen molar-refractivity contribution in [3.05, 3.63) is 164 Å². The minimum atomic E-state index is 0.710. The van der Waals surface area contributed by atoms with Gasteiger partial charge in [-0.05, 0) is 91.0 Å². The van der Waals surface area contributed by atoms with Gasteiger partial charge in [0.1, 0.15) is 5.52 Å². The summed E-state index contributed by atoms with van der Waals surface area (Å²) in [5.41, 5.74) is 9.86. The molecule has 5 nitrogen and oxygen atoms in total. The molecule has 0 saturated heterocycles. The fraction of sp³-hybridized carbons (Fsp3) is 0. The van der Waals surface area contributed by atoms with Crippen molar-refractivity contribution in [2.24, 2.45) is 0 Å². The fourth-order valence-corrected chi connectivity index (χ4v) is 7.13. The van der Waals surface area contributed by atoms with Crippen LogP contribution in [0.3, 0.4) is 0 Å². The average molecular weight is 606 g/mol. The summed E-state index contributed by atoms with van der Waals surface area (Å²) in [4.78, 5) is 4.70. The number of benzene rings is 7. The Balaban J connectivity index is 1.14. The van der Waals surface area contributed by atoms with E-state index in [1.165, 1.54) is 0 Å². The number of hydrogen-bond donors (Lipinski definition) is 0. The third-order valence-corrected chi connectivity index (χ3v) is 9.14. The van der Waals surface area contributed by atoms with Gasteiger partial charge in [0.05, 0.1) is 28.3 Å². The lowest BCUT2D eigenvalue weighted by atomic mass is 10.0. The van der Waals surface area contributed by atoms with Crippen molar-refractivity contribution < 1.29 is 9.47 Å². The Morgan fingerprint density at radius 2 is 0.851 bits per heavy atom. The molecule has 0 fully saturated rings. The largest absolute Gasteiger partial charge is 0.449 e. The molecule has 222 valence electrons. The van der Waals surface area contributed by atoms with E-state index in [1.807, 2.05) is 30.3 Å². The highest BCUT2D eigenvalue weighted by Gasteiger charge is 2.30. The third-order valence-electron chi connectivity index (χ3n) is 9.14. The van der Waals surface area contributed by atoms with Gasteiger partial charge in [0.25, 0.3) is 0 Å². The molecule has 1 aromatic heterocycles. The zero-order chi connectivity index (χ0) is 30.9. The van der Waals surface area contributed by atoms with Gasteiger partial charge in [-0.2, -0.15) is 0 Å². The summed E-state index contributed by atoms with van der Waals surface area (Å²) < 4.78 is 15.2. The summed E-state index contributed by atoms with van der Waals surface area (Å²) in [6, 6.07) is 57.1. The first-order valence-electron chi connectivity index (χ1n) is 15.8. The van der Waals surface area contributed by atoms with Crippen molar-refractivity contribution in [3.63, 3.8) is 0 Å². The summed E-state index contributed by atoms with van der Waals surface area (Å²) in [7, 11) is 0. The number of rotatable bonds is 3. The molecule has 0 radical (unpaired) electrons. The van der Waals surface area contributed by atoms with Gasteiger partial charge in [-0.25, -0.2) is 0 Å². The molecule has 0 spiro atoms. The van der Waals surface area contributed by atoms with Crippen molar-refractivity contribution in [2.45, 2.75) is 0 Å². The quantitative estimate of drug-likeness (QED) is 0.200. The van der Waals surface area contributed by atoms with Crippen molar-refractivity contribution in [1.29, 1.82) is 0 Å². The van der Waals surface area contributed by atoms with Crippen LogP contribution in [-0.4, -0.2) is 4.57 Å². The van der Waals surface area contributed by atoms with Gasteiger partial charge in [0.15, 0.2) is 23.0 Å². The molecule has 5 heteroatoms. The highest BCUT2D eigenvalue weighted by atomic mass is 16.6. The van der Waals surface area contributed by atoms with Gasteiger partial charge in [-0.15, -0.1) is 0 Å². The summed E-state index contributed by atoms with van der Waals surface area (Å²) >= 11 is 0. The second-order valence-electron chi connectivity index (χ2n) is 11.8. The molecule has 0 bridgehead atoms. The van der Waals surface area contributed by atoms with Crippen LogP contribution in [0.1, 0.15) is 0 Å². The molecule has 2 aliphatic heterocycles. The van der Waals surface area contributed by atoms with Crippen LogP contribution in [0.5, 0.6) is 23.0 Å². The van der Waals surface area contributed by atoms with Crippen molar-refractivity contribution in [2.75, 3.05) is 9.80 Å². The van der Waals surface area contributed by atoms with Crippen molar-refractivity contribution in [1.82, 2.24) is 4.57 Å². The molecule has 3 heterocycles. The van der Waals surface area contributed by atoms with Gasteiger partial charge in [0.2, 0.25) is 0 Å². The van der Waals surface area contributed by atoms with Crippen LogP contribution >= 0.6 is 0 Å². The number of nitrogens with zero attached hydrogens (tertiary/aromatic N) is 3. The molecule has 0 N–H and O–H groups in total. The van der Waals surface area contributed by atoms with E-state index in [-0.39, 0.29) is 0 Å². The first-order valence-corrected chi connectivity index (χ1v) is 15.8. The summed E-state index contributed by atoms with van der Waals surface area (Å²) in [6.45, 7) is 0. The maximum Gasteiger partial charge on any atom is 0.194 e. The van der Waals surface area contributed by atoms with E-state index in [9.17, 15) is 0 Å². The Morgan fingerprint density at radius 3 is 1.51 bits per heavy atom.